The number of hydrogen-bond acceptors (Lipinski definition) is 6. The number of sulfone groups is 1. The van der Waals surface area contributed by atoms with Crippen molar-refractivity contribution in [1.29, 1.82) is 0 Å². The van der Waals surface area contributed by atoms with Crippen LogP contribution in [0, 0.1) is 5.92 Å². The number of imidazole rings is 1. The molecule has 1 fully saturated rings. The Kier molecular flexibility index (Phi) is 5.78. The third kappa shape index (κ3) is 4.75. The van der Waals surface area contributed by atoms with E-state index < -0.39 is 21.8 Å². The largest absolute Gasteiger partial charge is 0.478 e. The Morgan fingerprint density at radius 3 is 2.54 bits per heavy atom. The second kappa shape index (κ2) is 8.09. The number of carbonyl (C=O) groups excluding carboxylic acids is 1. The number of carbonyl (C=O) groups is 2. The zero-order valence-corrected chi connectivity index (χ0v) is 16.2. The summed E-state index contributed by atoms with van der Waals surface area (Å²) in [6.45, 7) is 0. The number of pyridine rings is 1. The lowest BCUT2D eigenvalue weighted by Gasteiger charge is -2.21. The topological polar surface area (TPSA) is 131 Å². The maximum atomic E-state index is 12.9. The van der Waals surface area contributed by atoms with E-state index in [0.29, 0.717) is 12.3 Å². The minimum Gasteiger partial charge on any atom is -0.478 e. The molecule has 0 saturated heterocycles. The number of carboxylic acids is 1. The van der Waals surface area contributed by atoms with Crippen molar-refractivity contribution in [3.05, 3.63) is 36.4 Å². The zero-order valence-electron chi connectivity index (χ0n) is 15.4. The van der Waals surface area contributed by atoms with Crippen molar-refractivity contribution >= 4 is 27.5 Å². The van der Waals surface area contributed by atoms with Gasteiger partial charge in [0.05, 0.1) is 11.9 Å². The van der Waals surface area contributed by atoms with E-state index in [0.717, 1.165) is 31.9 Å². The highest BCUT2D eigenvalue weighted by Crippen LogP contribution is 2.32. The SMILES string of the molecule is CS(=O)(=O)c1cn(C(CC2CCCC2)C(=O)Nc2ccc(C(=O)O)cn2)cn1. The van der Waals surface area contributed by atoms with Gasteiger partial charge in [-0.3, -0.25) is 4.79 Å². The van der Waals surface area contributed by atoms with E-state index in [9.17, 15) is 18.0 Å². The number of anilines is 1. The van der Waals surface area contributed by atoms with E-state index in [4.69, 9.17) is 5.11 Å². The molecule has 0 aromatic carbocycles. The van der Waals surface area contributed by atoms with Crippen LogP contribution in [0.2, 0.25) is 0 Å². The molecule has 2 aromatic heterocycles. The van der Waals surface area contributed by atoms with Crippen LogP contribution in [-0.2, 0) is 14.6 Å². The van der Waals surface area contributed by atoms with E-state index in [1.165, 1.54) is 35.4 Å². The summed E-state index contributed by atoms with van der Waals surface area (Å²) in [5.41, 5.74) is 0.0212. The fraction of sp³-hybridized carbons (Fsp3) is 0.444. The summed E-state index contributed by atoms with van der Waals surface area (Å²) in [7, 11) is -3.47. The molecule has 1 amide bonds. The van der Waals surface area contributed by atoms with E-state index >= 15 is 0 Å². The van der Waals surface area contributed by atoms with E-state index in [1.54, 1.807) is 0 Å². The van der Waals surface area contributed by atoms with Gasteiger partial charge in [-0.1, -0.05) is 25.7 Å². The number of nitrogens with one attached hydrogen (secondary N) is 1. The first-order chi connectivity index (χ1) is 13.2. The molecule has 150 valence electrons. The highest BCUT2D eigenvalue weighted by atomic mass is 32.2. The van der Waals surface area contributed by atoms with Crippen LogP contribution in [0.4, 0.5) is 5.82 Å². The first-order valence-corrected chi connectivity index (χ1v) is 10.9. The predicted octanol–water partition coefficient (Wildman–Crippen LogP) is 2.14. The van der Waals surface area contributed by atoms with Crippen LogP contribution in [0.15, 0.2) is 35.9 Å². The second-order valence-corrected chi connectivity index (χ2v) is 9.02. The van der Waals surface area contributed by atoms with Crippen LogP contribution in [0.1, 0.15) is 48.5 Å². The lowest BCUT2D eigenvalue weighted by Crippen LogP contribution is -2.27. The van der Waals surface area contributed by atoms with Crippen LogP contribution in [-0.4, -0.2) is 46.2 Å². The molecule has 0 aliphatic heterocycles. The maximum absolute atomic E-state index is 12.9. The van der Waals surface area contributed by atoms with Crippen molar-refractivity contribution < 1.29 is 23.1 Å². The van der Waals surface area contributed by atoms with Crippen molar-refractivity contribution in [3.8, 4) is 0 Å². The van der Waals surface area contributed by atoms with Crippen molar-refractivity contribution in [2.45, 2.75) is 43.2 Å². The van der Waals surface area contributed by atoms with Crippen molar-refractivity contribution in [1.82, 2.24) is 14.5 Å². The maximum Gasteiger partial charge on any atom is 0.337 e. The summed E-state index contributed by atoms with van der Waals surface area (Å²) in [6, 6.07) is 2.15. The molecule has 1 aliphatic rings. The van der Waals surface area contributed by atoms with E-state index in [1.807, 2.05) is 0 Å². The van der Waals surface area contributed by atoms with Crippen molar-refractivity contribution in [2.75, 3.05) is 11.6 Å². The molecule has 0 radical (unpaired) electrons. The molecule has 0 bridgehead atoms. The highest BCUT2D eigenvalue weighted by molar-refractivity contribution is 7.90. The fourth-order valence-electron chi connectivity index (χ4n) is 3.41. The molecule has 2 N–H and O–H groups in total. The van der Waals surface area contributed by atoms with Gasteiger partial charge in [0.2, 0.25) is 5.91 Å². The Bertz CT molecular complexity index is 962. The average Bonchev–Trinajstić information content (AvgIpc) is 3.31. The zero-order chi connectivity index (χ0) is 20.3. The van der Waals surface area contributed by atoms with Gasteiger partial charge >= 0.3 is 5.97 Å². The third-order valence-corrected chi connectivity index (χ3v) is 5.88. The number of aromatic nitrogens is 3. The molecule has 1 unspecified atom stereocenters. The summed E-state index contributed by atoms with van der Waals surface area (Å²) in [5, 5.41) is 11.5. The summed E-state index contributed by atoms with van der Waals surface area (Å²) >= 11 is 0. The van der Waals surface area contributed by atoms with Gasteiger partial charge in [0.15, 0.2) is 14.9 Å². The first kappa shape index (κ1) is 20.0. The smallest absolute Gasteiger partial charge is 0.337 e. The van der Waals surface area contributed by atoms with Crippen LogP contribution in [0.25, 0.3) is 0 Å². The summed E-state index contributed by atoms with van der Waals surface area (Å²) in [5.74, 6) is -0.840. The van der Waals surface area contributed by atoms with Gasteiger partial charge < -0.3 is 15.0 Å². The monoisotopic (exact) mass is 406 g/mol. The summed E-state index contributed by atoms with van der Waals surface area (Å²) in [6.07, 6.45) is 9.84. The molecule has 1 aliphatic carbocycles. The van der Waals surface area contributed by atoms with E-state index in [-0.39, 0.29) is 22.3 Å². The number of aromatic carboxylic acids is 1. The number of nitrogens with zero attached hydrogens (tertiary/aromatic N) is 3. The van der Waals surface area contributed by atoms with Crippen molar-refractivity contribution in [3.63, 3.8) is 0 Å². The standard InChI is InChI=1S/C18H22N4O5S/c1-28(26,27)16-10-22(11-20-16)14(8-12-4-2-3-5-12)17(23)21-15-7-6-13(9-19-15)18(24)25/h6-7,9-12,14H,2-5,8H2,1H3,(H,24,25)(H,19,21,23). The molecule has 0 spiro atoms. The molecular formula is C18H22N4O5S. The molecule has 2 heterocycles. The Labute approximate surface area is 162 Å². The van der Waals surface area contributed by atoms with Gasteiger partial charge in [0, 0.05) is 18.6 Å². The number of carboxylic acid groups (broad SMARTS) is 1. The van der Waals surface area contributed by atoms with Crippen LogP contribution < -0.4 is 5.32 Å². The average molecular weight is 406 g/mol. The molecule has 1 atom stereocenters. The molecule has 10 heteroatoms. The quantitative estimate of drug-likeness (QED) is 0.720. The van der Waals surface area contributed by atoms with Gasteiger partial charge in [0.1, 0.15) is 11.9 Å². The fourth-order valence-corrected chi connectivity index (χ4v) is 3.96. The van der Waals surface area contributed by atoms with Crippen LogP contribution in [0.3, 0.4) is 0 Å². The van der Waals surface area contributed by atoms with Crippen LogP contribution in [0.5, 0.6) is 0 Å². The minimum absolute atomic E-state index is 0.0212. The summed E-state index contributed by atoms with van der Waals surface area (Å²) in [4.78, 5) is 31.7. The highest BCUT2D eigenvalue weighted by Gasteiger charge is 2.28. The molecule has 1 saturated carbocycles. The van der Waals surface area contributed by atoms with E-state index in [2.05, 4.69) is 15.3 Å². The van der Waals surface area contributed by atoms with Crippen molar-refractivity contribution in [2.24, 2.45) is 5.92 Å². The Morgan fingerprint density at radius 2 is 2.00 bits per heavy atom. The molecule has 3 rings (SSSR count). The number of amides is 1. The number of hydrogen-bond donors (Lipinski definition) is 2. The lowest BCUT2D eigenvalue weighted by atomic mass is 9.97. The molecular weight excluding hydrogens is 384 g/mol. The lowest BCUT2D eigenvalue weighted by molar-refractivity contribution is -0.119. The Morgan fingerprint density at radius 1 is 1.29 bits per heavy atom. The van der Waals surface area contributed by atoms with Crippen LogP contribution >= 0.6 is 0 Å². The Balaban J connectivity index is 1.81. The van der Waals surface area contributed by atoms with Gasteiger partial charge in [0.25, 0.3) is 0 Å². The normalized spacial score (nSPS) is 16.0. The molecule has 2 aromatic rings. The molecule has 9 nitrogen and oxygen atoms in total. The van der Waals surface area contributed by atoms with Gasteiger partial charge in [-0.05, 0) is 24.5 Å². The first-order valence-electron chi connectivity index (χ1n) is 8.98. The molecule has 28 heavy (non-hydrogen) atoms. The second-order valence-electron chi connectivity index (χ2n) is 7.06. The predicted molar refractivity (Wildman–Crippen MR) is 101 cm³/mol. The summed E-state index contributed by atoms with van der Waals surface area (Å²) < 4.78 is 25.0. The minimum atomic E-state index is -3.47. The van der Waals surface area contributed by atoms with Gasteiger partial charge in [-0.25, -0.2) is 23.2 Å². The Hall–Kier alpha value is -2.75. The van der Waals surface area contributed by atoms with Gasteiger partial charge in [-0.15, -0.1) is 0 Å². The van der Waals surface area contributed by atoms with Gasteiger partial charge in [-0.2, -0.15) is 0 Å². The number of rotatable bonds is 7. The third-order valence-electron chi connectivity index (χ3n) is 4.91.